The second-order valence-electron chi connectivity index (χ2n) is 5.05. The van der Waals surface area contributed by atoms with E-state index in [1.54, 1.807) is 0 Å². The van der Waals surface area contributed by atoms with Crippen molar-refractivity contribution in [3.05, 3.63) is 35.9 Å². The number of carbonyl (C=O) groups is 1. The summed E-state index contributed by atoms with van der Waals surface area (Å²) in [4.78, 5) is 12.2. The first-order valence-corrected chi connectivity index (χ1v) is 6.80. The van der Waals surface area contributed by atoms with E-state index < -0.39 is 0 Å². The summed E-state index contributed by atoms with van der Waals surface area (Å²) in [5.41, 5.74) is 1.14. The van der Waals surface area contributed by atoms with Crippen molar-refractivity contribution in [2.75, 3.05) is 19.6 Å². The number of rotatable bonds is 7. The lowest BCUT2D eigenvalue weighted by Crippen LogP contribution is -2.37. The third kappa shape index (κ3) is 4.51. The molecular weight excluding hydrogens is 260 g/mol. The second kappa shape index (κ2) is 7.51. The zero-order valence-corrected chi connectivity index (χ0v) is 12.3. The van der Waals surface area contributed by atoms with Gasteiger partial charge in [-0.05, 0) is 31.4 Å². The highest BCUT2D eigenvalue weighted by molar-refractivity contribution is 5.85. The van der Waals surface area contributed by atoms with Gasteiger partial charge in [-0.1, -0.05) is 37.3 Å². The van der Waals surface area contributed by atoms with Gasteiger partial charge in [0.2, 0.25) is 5.91 Å². The maximum absolute atomic E-state index is 12.2. The van der Waals surface area contributed by atoms with Crippen molar-refractivity contribution < 1.29 is 4.79 Å². The summed E-state index contributed by atoms with van der Waals surface area (Å²) >= 11 is 0. The SMILES string of the molecule is CCNCCNC(=O)C1(Cc2ccccc2)CC1.Cl. The Morgan fingerprint density at radius 1 is 1.21 bits per heavy atom. The normalized spacial score (nSPS) is 15.4. The standard InChI is InChI=1S/C15H22N2O.ClH/c1-2-16-10-11-17-14(18)15(8-9-15)12-13-6-4-3-5-7-13;/h3-7,16H,2,8-12H2,1H3,(H,17,18);1H. The smallest absolute Gasteiger partial charge is 0.226 e. The molecule has 2 rings (SSSR count). The number of benzene rings is 1. The van der Waals surface area contributed by atoms with Gasteiger partial charge in [0.05, 0.1) is 5.41 Å². The number of hydrogen-bond acceptors (Lipinski definition) is 2. The molecule has 0 bridgehead atoms. The van der Waals surface area contributed by atoms with Gasteiger partial charge < -0.3 is 10.6 Å². The van der Waals surface area contributed by atoms with Crippen LogP contribution < -0.4 is 10.6 Å². The lowest BCUT2D eigenvalue weighted by Gasteiger charge is -2.15. The minimum Gasteiger partial charge on any atom is -0.354 e. The number of likely N-dealkylation sites (N-methyl/N-ethyl adjacent to an activating group) is 1. The Morgan fingerprint density at radius 2 is 1.89 bits per heavy atom. The molecule has 1 aromatic carbocycles. The van der Waals surface area contributed by atoms with Crippen molar-refractivity contribution in [2.24, 2.45) is 5.41 Å². The van der Waals surface area contributed by atoms with Gasteiger partial charge in [0.1, 0.15) is 0 Å². The van der Waals surface area contributed by atoms with E-state index in [0.29, 0.717) is 0 Å². The van der Waals surface area contributed by atoms with Gasteiger partial charge >= 0.3 is 0 Å². The third-order valence-electron chi connectivity index (χ3n) is 3.56. The van der Waals surface area contributed by atoms with Crippen LogP contribution in [0.4, 0.5) is 0 Å². The first-order chi connectivity index (χ1) is 8.77. The Kier molecular flexibility index (Phi) is 6.32. The highest BCUT2D eigenvalue weighted by atomic mass is 35.5. The average molecular weight is 283 g/mol. The van der Waals surface area contributed by atoms with Gasteiger partial charge in [0.15, 0.2) is 0 Å². The summed E-state index contributed by atoms with van der Waals surface area (Å²) in [6.45, 7) is 4.59. The van der Waals surface area contributed by atoms with Crippen LogP contribution >= 0.6 is 12.4 Å². The molecule has 0 spiro atoms. The van der Waals surface area contributed by atoms with E-state index >= 15 is 0 Å². The zero-order chi connectivity index (χ0) is 12.8. The first kappa shape index (κ1) is 16.0. The summed E-state index contributed by atoms with van der Waals surface area (Å²) in [7, 11) is 0. The molecule has 1 amide bonds. The molecule has 0 aromatic heterocycles. The number of amides is 1. The van der Waals surface area contributed by atoms with Gasteiger partial charge in [-0.25, -0.2) is 0 Å². The summed E-state index contributed by atoms with van der Waals surface area (Å²) in [5, 5.41) is 6.25. The number of hydrogen-bond donors (Lipinski definition) is 2. The molecule has 4 heteroatoms. The van der Waals surface area contributed by atoms with Crippen molar-refractivity contribution in [3.8, 4) is 0 Å². The van der Waals surface area contributed by atoms with Crippen molar-refractivity contribution in [2.45, 2.75) is 26.2 Å². The quantitative estimate of drug-likeness (QED) is 0.753. The molecule has 1 saturated carbocycles. The van der Waals surface area contributed by atoms with Crippen molar-refractivity contribution in [1.29, 1.82) is 0 Å². The third-order valence-corrected chi connectivity index (χ3v) is 3.56. The van der Waals surface area contributed by atoms with Crippen LogP contribution in [0.25, 0.3) is 0 Å². The largest absolute Gasteiger partial charge is 0.354 e. The fraction of sp³-hybridized carbons (Fsp3) is 0.533. The van der Waals surface area contributed by atoms with Crippen LogP contribution in [0.5, 0.6) is 0 Å². The van der Waals surface area contributed by atoms with Crippen LogP contribution in [0.15, 0.2) is 30.3 Å². The van der Waals surface area contributed by atoms with E-state index in [1.165, 1.54) is 5.56 Å². The van der Waals surface area contributed by atoms with Gasteiger partial charge in [0.25, 0.3) is 0 Å². The van der Waals surface area contributed by atoms with Crippen LogP contribution in [0, 0.1) is 5.41 Å². The second-order valence-corrected chi connectivity index (χ2v) is 5.05. The van der Waals surface area contributed by atoms with Crippen molar-refractivity contribution >= 4 is 18.3 Å². The number of carbonyl (C=O) groups excluding carboxylic acids is 1. The molecule has 3 nitrogen and oxygen atoms in total. The van der Waals surface area contributed by atoms with E-state index in [4.69, 9.17) is 0 Å². The molecule has 19 heavy (non-hydrogen) atoms. The lowest BCUT2D eigenvalue weighted by molar-refractivity contribution is -0.126. The maximum atomic E-state index is 12.2. The Hall–Kier alpha value is -1.06. The van der Waals surface area contributed by atoms with E-state index in [-0.39, 0.29) is 23.7 Å². The first-order valence-electron chi connectivity index (χ1n) is 6.80. The van der Waals surface area contributed by atoms with Crippen LogP contribution in [-0.2, 0) is 11.2 Å². The van der Waals surface area contributed by atoms with Crippen LogP contribution in [0.2, 0.25) is 0 Å². The molecule has 1 aliphatic rings. The van der Waals surface area contributed by atoms with E-state index in [0.717, 1.165) is 38.9 Å². The van der Waals surface area contributed by atoms with Crippen LogP contribution in [0.3, 0.4) is 0 Å². The molecule has 0 radical (unpaired) electrons. The lowest BCUT2D eigenvalue weighted by atomic mass is 9.95. The molecule has 0 atom stereocenters. The highest BCUT2D eigenvalue weighted by Gasteiger charge is 2.49. The zero-order valence-electron chi connectivity index (χ0n) is 11.4. The van der Waals surface area contributed by atoms with Gasteiger partial charge in [0, 0.05) is 13.1 Å². The number of nitrogens with one attached hydrogen (secondary N) is 2. The summed E-state index contributed by atoms with van der Waals surface area (Å²) < 4.78 is 0. The Labute approximate surface area is 121 Å². The topological polar surface area (TPSA) is 41.1 Å². The molecule has 2 N–H and O–H groups in total. The van der Waals surface area contributed by atoms with Crippen LogP contribution in [-0.4, -0.2) is 25.5 Å². The predicted molar refractivity (Wildman–Crippen MR) is 80.6 cm³/mol. The molecule has 1 aliphatic carbocycles. The van der Waals surface area contributed by atoms with Crippen molar-refractivity contribution in [3.63, 3.8) is 0 Å². The maximum Gasteiger partial charge on any atom is 0.226 e. The monoisotopic (exact) mass is 282 g/mol. The molecule has 1 aromatic rings. The van der Waals surface area contributed by atoms with Crippen molar-refractivity contribution in [1.82, 2.24) is 10.6 Å². The van der Waals surface area contributed by atoms with Gasteiger partial charge in [-0.3, -0.25) is 4.79 Å². The van der Waals surface area contributed by atoms with Gasteiger partial charge in [-0.2, -0.15) is 0 Å². The minimum atomic E-state index is -0.117. The molecular formula is C15H23ClN2O. The Bertz CT molecular complexity index is 390. The van der Waals surface area contributed by atoms with E-state index in [2.05, 4.69) is 29.7 Å². The minimum absolute atomic E-state index is 0. The number of halogens is 1. The summed E-state index contributed by atoms with van der Waals surface area (Å²) in [6.07, 6.45) is 2.92. The molecule has 0 unspecified atom stereocenters. The highest BCUT2D eigenvalue weighted by Crippen LogP contribution is 2.48. The molecule has 106 valence electrons. The van der Waals surface area contributed by atoms with Gasteiger partial charge in [-0.15, -0.1) is 12.4 Å². The molecule has 0 heterocycles. The summed E-state index contributed by atoms with van der Waals surface area (Å²) in [6, 6.07) is 10.3. The molecule has 0 saturated heterocycles. The van der Waals surface area contributed by atoms with E-state index in [9.17, 15) is 4.79 Å². The predicted octanol–water partition coefficient (Wildman–Crippen LogP) is 2.16. The summed E-state index contributed by atoms with van der Waals surface area (Å²) in [5.74, 6) is 0.226. The fourth-order valence-corrected chi connectivity index (χ4v) is 2.25. The molecule has 1 fully saturated rings. The van der Waals surface area contributed by atoms with Crippen LogP contribution in [0.1, 0.15) is 25.3 Å². The Morgan fingerprint density at radius 3 is 2.47 bits per heavy atom. The average Bonchev–Trinajstić information content (AvgIpc) is 3.16. The fourth-order valence-electron chi connectivity index (χ4n) is 2.25. The Balaban J connectivity index is 0.00000180. The molecule has 0 aliphatic heterocycles. The van der Waals surface area contributed by atoms with E-state index in [1.807, 2.05) is 18.2 Å².